The van der Waals surface area contributed by atoms with Crippen molar-refractivity contribution in [1.82, 2.24) is 4.98 Å². The van der Waals surface area contributed by atoms with Gasteiger partial charge in [-0.3, -0.25) is 0 Å². The smallest absolute Gasteiger partial charge is 0.321 e. The predicted octanol–water partition coefficient (Wildman–Crippen LogP) is 2.48. The lowest BCUT2D eigenvalue weighted by Crippen LogP contribution is -2.41. The molecule has 0 atom stereocenters. The summed E-state index contributed by atoms with van der Waals surface area (Å²) in [7, 11) is -2.40. The van der Waals surface area contributed by atoms with Crippen molar-refractivity contribution in [2.45, 2.75) is 52.4 Å². The fraction of sp³-hybridized carbons (Fsp3) is 1.00. The summed E-state index contributed by atoms with van der Waals surface area (Å²) in [6.45, 7) is 13.8. The highest BCUT2D eigenvalue weighted by Crippen LogP contribution is 2.05. The molecule has 1 N–H and O–H groups in total. The Kier molecular flexibility index (Phi) is 9.54. The molecule has 0 unspecified atom stereocenters. The maximum atomic E-state index is 5.63. The quantitative estimate of drug-likeness (QED) is 0.485. The van der Waals surface area contributed by atoms with Gasteiger partial charge in [0, 0.05) is 13.2 Å². The minimum Gasteiger partial charge on any atom is -0.397 e. The molecular formula is C11H29NO2Si2. The topological polar surface area (TPSA) is 30.5 Å². The first-order valence-corrected chi connectivity index (χ1v) is 11.7. The lowest BCUT2D eigenvalue weighted by Gasteiger charge is -2.18. The van der Waals surface area contributed by atoms with E-state index in [0.717, 1.165) is 25.8 Å². The molecule has 0 aliphatic heterocycles. The molecule has 3 nitrogen and oxygen atoms in total. The molecule has 0 saturated heterocycles. The molecule has 0 aromatic heterocycles. The first-order valence-electron chi connectivity index (χ1n) is 6.47. The van der Waals surface area contributed by atoms with Crippen LogP contribution in [0, 0.1) is 0 Å². The first kappa shape index (κ1) is 16.3. The molecule has 0 spiro atoms. The monoisotopic (exact) mass is 263 g/mol. The van der Waals surface area contributed by atoms with Crippen LogP contribution in [0.3, 0.4) is 0 Å². The van der Waals surface area contributed by atoms with Crippen molar-refractivity contribution in [2.24, 2.45) is 0 Å². The van der Waals surface area contributed by atoms with Gasteiger partial charge in [-0.15, -0.1) is 0 Å². The average Bonchev–Trinajstić information content (AvgIpc) is 2.16. The van der Waals surface area contributed by atoms with Gasteiger partial charge < -0.3 is 13.8 Å². The summed E-state index contributed by atoms with van der Waals surface area (Å²) in [6.07, 6.45) is 2.47. The van der Waals surface area contributed by atoms with Crippen LogP contribution in [0.15, 0.2) is 0 Å². The highest BCUT2D eigenvalue weighted by atomic mass is 28.3. The molecule has 0 aromatic carbocycles. The Hall–Kier alpha value is 0.314. The van der Waals surface area contributed by atoms with Crippen LogP contribution in [0.4, 0.5) is 0 Å². The second-order valence-electron chi connectivity index (χ2n) is 5.01. The Morgan fingerprint density at radius 1 is 1.00 bits per heavy atom. The van der Waals surface area contributed by atoms with E-state index in [1.54, 1.807) is 0 Å². The average molecular weight is 264 g/mol. The Labute approximate surface area is 104 Å². The second-order valence-corrected chi connectivity index (χ2v) is 12.0. The Bertz CT molecular complexity index is 157. The molecule has 16 heavy (non-hydrogen) atoms. The molecule has 0 heterocycles. The van der Waals surface area contributed by atoms with Gasteiger partial charge in [0.05, 0.1) is 0 Å². The van der Waals surface area contributed by atoms with Crippen molar-refractivity contribution in [3.05, 3.63) is 0 Å². The third kappa shape index (κ3) is 10.8. The minimum atomic E-state index is -1.33. The number of nitrogens with one attached hydrogen (secondary N) is 1. The number of unbranched alkanes of at least 4 members (excludes halogenated alkanes) is 1. The van der Waals surface area contributed by atoms with Crippen LogP contribution in [0.2, 0.25) is 25.7 Å². The van der Waals surface area contributed by atoms with Crippen LogP contribution < -0.4 is 4.98 Å². The van der Waals surface area contributed by atoms with Crippen molar-refractivity contribution in [1.29, 1.82) is 0 Å². The number of hydrogen-bond donors (Lipinski definition) is 1. The molecule has 0 amide bonds. The third-order valence-corrected chi connectivity index (χ3v) is 5.83. The van der Waals surface area contributed by atoms with Crippen molar-refractivity contribution in [3.8, 4) is 0 Å². The van der Waals surface area contributed by atoms with E-state index in [-0.39, 0.29) is 0 Å². The van der Waals surface area contributed by atoms with Gasteiger partial charge in [-0.25, -0.2) is 0 Å². The van der Waals surface area contributed by atoms with Crippen LogP contribution >= 0.6 is 0 Å². The van der Waals surface area contributed by atoms with Gasteiger partial charge in [-0.05, 0) is 32.9 Å². The Morgan fingerprint density at radius 3 is 2.00 bits per heavy atom. The van der Waals surface area contributed by atoms with Gasteiger partial charge in [0.25, 0.3) is 0 Å². The molecule has 0 aliphatic rings. The fourth-order valence-electron chi connectivity index (χ4n) is 1.49. The second kappa shape index (κ2) is 9.35. The molecule has 0 saturated carbocycles. The van der Waals surface area contributed by atoms with E-state index >= 15 is 0 Å². The molecule has 0 rings (SSSR count). The maximum absolute atomic E-state index is 5.63. The van der Waals surface area contributed by atoms with Crippen LogP contribution in [0.25, 0.3) is 0 Å². The lowest BCUT2D eigenvalue weighted by atomic mass is 10.3. The molecule has 0 aliphatic carbocycles. The van der Waals surface area contributed by atoms with Crippen LogP contribution in [0.5, 0.6) is 0 Å². The van der Waals surface area contributed by atoms with E-state index in [1.807, 2.05) is 13.8 Å². The summed E-state index contributed by atoms with van der Waals surface area (Å²) in [5.74, 6) is 0. The SMILES string of the molecule is CCO[SiH](CCCCN[Si](C)(C)C)OCC. The summed E-state index contributed by atoms with van der Waals surface area (Å²) in [5, 5.41) is 0. The normalized spacial score (nSPS) is 12.4. The van der Waals surface area contributed by atoms with E-state index in [4.69, 9.17) is 8.85 Å². The van der Waals surface area contributed by atoms with Gasteiger partial charge in [0.2, 0.25) is 0 Å². The zero-order valence-corrected chi connectivity index (χ0v) is 13.8. The first-order chi connectivity index (χ1) is 7.49. The number of rotatable bonds is 10. The summed E-state index contributed by atoms with van der Waals surface area (Å²) >= 11 is 0. The van der Waals surface area contributed by atoms with E-state index in [1.165, 1.54) is 12.8 Å². The molecule has 98 valence electrons. The molecule has 0 aromatic rings. The van der Waals surface area contributed by atoms with Gasteiger partial charge in [-0.1, -0.05) is 26.1 Å². The fourth-order valence-corrected chi connectivity index (χ4v) is 4.21. The number of hydrogen-bond acceptors (Lipinski definition) is 3. The summed E-state index contributed by atoms with van der Waals surface area (Å²) in [5.41, 5.74) is 0. The van der Waals surface area contributed by atoms with E-state index < -0.39 is 17.5 Å². The molecule has 0 fully saturated rings. The highest BCUT2D eigenvalue weighted by molar-refractivity contribution is 6.73. The van der Waals surface area contributed by atoms with Crippen molar-refractivity contribution >= 4 is 17.5 Å². The Balaban J connectivity index is 3.46. The van der Waals surface area contributed by atoms with Gasteiger partial charge in [0.15, 0.2) is 0 Å². The summed E-state index contributed by atoms with van der Waals surface area (Å²) in [6, 6.07) is 1.15. The molecule has 0 radical (unpaired) electrons. The lowest BCUT2D eigenvalue weighted by molar-refractivity contribution is 0.212. The minimum absolute atomic E-state index is 0.796. The molecule has 0 bridgehead atoms. The van der Waals surface area contributed by atoms with Gasteiger partial charge >= 0.3 is 9.28 Å². The van der Waals surface area contributed by atoms with Gasteiger partial charge in [-0.2, -0.15) is 0 Å². The molecule has 5 heteroatoms. The van der Waals surface area contributed by atoms with E-state index in [0.29, 0.717) is 0 Å². The van der Waals surface area contributed by atoms with Crippen LogP contribution in [0.1, 0.15) is 26.7 Å². The zero-order chi connectivity index (χ0) is 12.4. The largest absolute Gasteiger partial charge is 0.397 e. The highest BCUT2D eigenvalue weighted by Gasteiger charge is 2.13. The standard InChI is InChI=1S/C11H29NO2Si2/c1-6-13-15(14-7-2)11-9-8-10-12-16(3,4)5/h12,15H,6-11H2,1-5H3. The third-order valence-electron chi connectivity index (χ3n) is 2.23. The zero-order valence-electron chi connectivity index (χ0n) is 11.6. The predicted molar refractivity (Wildman–Crippen MR) is 75.8 cm³/mol. The summed E-state index contributed by atoms with van der Waals surface area (Å²) < 4.78 is 11.3. The molecular weight excluding hydrogens is 234 g/mol. The van der Waals surface area contributed by atoms with Crippen molar-refractivity contribution in [2.75, 3.05) is 19.8 Å². The van der Waals surface area contributed by atoms with Crippen molar-refractivity contribution < 1.29 is 8.85 Å². The van der Waals surface area contributed by atoms with Crippen LogP contribution in [-0.2, 0) is 8.85 Å². The van der Waals surface area contributed by atoms with Gasteiger partial charge in [0.1, 0.15) is 8.24 Å². The summed E-state index contributed by atoms with van der Waals surface area (Å²) in [4.78, 5) is 3.63. The van der Waals surface area contributed by atoms with E-state index in [9.17, 15) is 0 Å². The Morgan fingerprint density at radius 2 is 1.56 bits per heavy atom. The van der Waals surface area contributed by atoms with E-state index in [2.05, 4.69) is 24.6 Å². The van der Waals surface area contributed by atoms with Crippen molar-refractivity contribution in [3.63, 3.8) is 0 Å². The maximum Gasteiger partial charge on any atom is 0.321 e. The van der Waals surface area contributed by atoms with Crippen LogP contribution in [-0.4, -0.2) is 37.3 Å².